The summed E-state index contributed by atoms with van der Waals surface area (Å²) in [6, 6.07) is 6.89. The molecule has 0 aromatic heterocycles. The zero-order valence-corrected chi connectivity index (χ0v) is 11.1. The third-order valence-electron chi connectivity index (χ3n) is 3.46. The van der Waals surface area contributed by atoms with Crippen LogP contribution in [0.5, 0.6) is 0 Å². The van der Waals surface area contributed by atoms with E-state index in [9.17, 15) is 8.42 Å². The topological polar surface area (TPSA) is 89.4 Å². The number of para-hydroxylation sites is 1. The molecule has 1 saturated heterocycles. The van der Waals surface area contributed by atoms with Crippen molar-refractivity contribution in [3.05, 3.63) is 24.3 Å². The maximum absolute atomic E-state index is 11.5. The molecule has 0 radical (unpaired) electrons. The molecule has 4 N–H and O–H groups in total. The zero-order chi connectivity index (χ0) is 13.2. The van der Waals surface area contributed by atoms with E-state index in [1.54, 1.807) is 12.1 Å². The molecule has 100 valence electrons. The molecule has 0 amide bonds. The normalized spacial score (nSPS) is 18.0. The van der Waals surface area contributed by atoms with Gasteiger partial charge in [0.05, 0.1) is 5.69 Å². The Morgan fingerprint density at radius 3 is 2.39 bits per heavy atom. The van der Waals surface area contributed by atoms with Crippen LogP contribution in [0.15, 0.2) is 29.2 Å². The number of primary sulfonamides is 1. The number of rotatable bonds is 3. The molecular formula is C12H19N3O2S. The first-order valence-electron chi connectivity index (χ1n) is 6.09. The predicted octanol–water partition coefficient (Wildman–Crippen LogP) is 0.509. The summed E-state index contributed by atoms with van der Waals surface area (Å²) in [6.45, 7) is 2.35. The van der Waals surface area contributed by atoms with Crippen molar-refractivity contribution in [1.82, 2.24) is 0 Å². The predicted molar refractivity (Wildman–Crippen MR) is 71.8 cm³/mol. The first-order chi connectivity index (χ1) is 8.52. The second kappa shape index (κ2) is 5.26. The van der Waals surface area contributed by atoms with Gasteiger partial charge in [-0.1, -0.05) is 12.1 Å². The summed E-state index contributed by atoms with van der Waals surface area (Å²) in [7, 11) is -3.67. The third-order valence-corrected chi connectivity index (χ3v) is 4.42. The lowest BCUT2D eigenvalue weighted by molar-refractivity contribution is 0.413. The van der Waals surface area contributed by atoms with Crippen molar-refractivity contribution in [2.45, 2.75) is 17.7 Å². The van der Waals surface area contributed by atoms with E-state index in [1.807, 2.05) is 12.1 Å². The van der Waals surface area contributed by atoms with Gasteiger partial charge >= 0.3 is 0 Å². The van der Waals surface area contributed by atoms with E-state index >= 15 is 0 Å². The van der Waals surface area contributed by atoms with Crippen LogP contribution < -0.4 is 15.8 Å². The molecule has 0 unspecified atom stereocenters. The summed E-state index contributed by atoms with van der Waals surface area (Å²) in [5.74, 6) is 0.544. The minimum absolute atomic E-state index is 0.205. The minimum Gasteiger partial charge on any atom is -0.370 e. The van der Waals surface area contributed by atoms with Gasteiger partial charge in [0.15, 0.2) is 0 Å². The molecule has 18 heavy (non-hydrogen) atoms. The summed E-state index contributed by atoms with van der Waals surface area (Å²) in [5, 5.41) is 5.24. The Hall–Kier alpha value is -1.11. The molecule has 0 bridgehead atoms. The van der Waals surface area contributed by atoms with E-state index in [2.05, 4.69) is 4.90 Å². The van der Waals surface area contributed by atoms with Crippen molar-refractivity contribution in [3.8, 4) is 0 Å². The smallest absolute Gasteiger partial charge is 0.240 e. The SMILES string of the molecule is NCC1CCN(c2ccccc2S(N)(=O)=O)CC1. The van der Waals surface area contributed by atoms with Crippen LogP contribution in [0.1, 0.15) is 12.8 Å². The number of benzene rings is 1. The average molecular weight is 269 g/mol. The van der Waals surface area contributed by atoms with Crippen molar-refractivity contribution in [3.63, 3.8) is 0 Å². The van der Waals surface area contributed by atoms with Gasteiger partial charge in [0.2, 0.25) is 10.0 Å². The molecule has 1 aliphatic rings. The van der Waals surface area contributed by atoms with E-state index in [4.69, 9.17) is 10.9 Å². The number of nitrogens with two attached hydrogens (primary N) is 2. The molecule has 1 aromatic carbocycles. The highest BCUT2D eigenvalue weighted by Crippen LogP contribution is 2.28. The Balaban J connectivity index is 2.25. The van der Waals surface area contributed by atoms with E-state index in [0.717, 1.165) is 25.9 Å². The number of hydrogen-bond donors (Lipinski definition) is 2. The highest BCUT2D eigenvalue weighted by molar-refractivity contribution is 7.89. The Bertz CT molecular complexity index is 508. The van der Waals surface area contributed by atoms with E-state index in [0.29, 0.717) is 18.2 Å². The second-order valence-corrected chi connectivity index (χ2v) is 6.21. The number of nitrogens with zero attached hydrogens (tertiary/aromatic N) is 1. The van der Waals surface area contributed by atoms with Gasteiger partial charge in [0.1, 0.15) is 4.90 Å². The quantitative estimate of drug-likeness (QED) is 0.836. The lowest BCUT2D eigenvalue weighted by atomic mass is 9.97. The molecule has 1 aliphatic heterocycles. The van der Waals surface area contributed by atoms with E-state index < -0.39 is 10.0 Å². The Kier molecular flexibility index (Phi) is 3.89. The van der Waals surface area contributed by atoms with Crippen LogP contribution in [0, 0.1) is 5.92 Å². The fourth-order valence-electron chi connectivity index (χ4n) is 2.37. The zero-order valence-electron chi connectivity index (χ0n) is 10.2. The first kappa shape index (κ1) is 13.3. The van der Waals surface area contributed by atoms with E-state index in [-0.39, 0.29) is 4.90 Å². The highest BCUT2D eigenvalue weighted by atomic mass is 32.2. The summed E-state index contributed by atoms with van der Waals surface area (Å²) in [5.41, 5.74) is 6.36. The fourth-order valence-corrected chi connectivity index (χ4v) is 3.13. The number of hydrogen-bond acceptors (Lipinski definition) is 4. The molecule has 6 heteroatoms. The molecule has 0 aliphatic carbocycles. The standard InChI is InChI=1S/C12H19N3O2S/c13-9-10-5-7-15(8-6-10)11-3-1-2-4-12(11)18(14,16)17/h1-4,10H,5-9,13H2,(H2,14,16,17). The van der Waals surface area contributed by atoms with Crippen molar-refractivity contribution in [1.29, 1.82) is 0 Å². The monoisotopic (exact) mass is 269 g/mol. The van der Waals surface area contributed by atoms with Gasteiger partial charge in [-0.25, -0.2) is 13.6 Å². The molecule has 0 spiro atoms. The van der Waals surface area contributed by atoms with Crippen LogP contribution in [0.2, 0.25) is 0 Å². The van der Waals surface area contributed by atoms with Gasteiger partial charge in [-0.2, -0.15) is 0 Å². The Morgan fingerprint density at radius 1 is 1.22 bits per heavy atom. The van der Waals surface area contributed by atoms with Crippen LogP contribution in [-0.2, 0) is 10.0 Å². The summed E-state index contributed by atoms with van der Waals surface area (Å²) >= 11 is 0. The van der Waals surface area contributed by atoms with Crippen molar-refractivity contribution < 1.29 is 8.42 Å². The fraction of sp³-hybridized carbons (Fsp3) is 0.500. The molecule has 1 heterocycles. The largest absolute Gasteiger partial charge is 0.370 e. The van der Waals surface area contributed by atoms with Gasteiger partial charge in [0.25, 0.3) is 0 Å². The van der Waals surface area contributed by atoms with Crippen LogP contribution in [0.25, 0.3) is 0 Å². The van der Waals surface area contributed by atoms with Crippen LogP contribution in [0.4, 0.5) is 5.69 Å². The van der Waals surface area contributed by atoms with Crippen LogP contribution in [0.3, 0.4) is 0 Å². The summed E-state index contributed by atoms with van der Waals surface area (Å²) in [6.07, 6.45) is 1.99. The van der Waals surface area contributed by atoms with E-state index in [1.165, 1.54) is 0 Å². The lowest BCUT2D eigenvalue weighted by Crippen LogP contribution is -2.37. The highest BCUT2D eigenvalue weighted by Gasteiger charge is 2.22. The van der Waals surface area contributed by atoms with Crippen LogP contribution in [-0.4, -0.2) is 28.1 Å². The molecule has 1 aromatic rings. The Labute approximate surface area is 108 Å². The van der Waals surface area contributed by atoms with Gasteiger partial charge in [0, 0.05) is 13.1 Å². The van der Waals surface area contributed by atoms with Crippen molar-refractivity contribution >= 4 is 15.7 Å². The summed E-state index contributed by atoms with van der Waals surface area (Å²) < 4.78 is 23.1. The average Bonchev–Trinajstić information content (AvgIpc) is 2.38. The lowest BCUT2D eigenvalue weighted by Gasteiger charge is -2.33. The number of sulfonamides is 1. The van der Waals surface area contributed by atoms with Crippen molar-refractivity contribution in [2.24, 2.45) is 16.8 Å². The minimum atomic E-state index is -3.67. The maximum Gasteiger partial charge on any atom is 0.240 e. The third kappa shape index (κ3) is 2.82. The first-order valence-corrected chi connectivity index (χ1v) is 7.64. The molecule has 0 saturated carbocycles. The van der Waals surface area contributed by atoms with Crippen molar-refractivity contribution in [2.75, 3.05) is 24.5 Å². The summed E-state index contributed by atoms with van der Waals surface area (Å²) in [4.78, 5) is 2.28. The molecular weight excluding hydrogens is 250 g/mol. The van der Waals surface area contributed by atoms with Gasteiger partial charge < -0.3 is 10.6 Å². The molecule has 5 nitrogen and oxygen atoms in total. The number of piperidine rings is 1. The Morgan fingerprint density at radius 2 is 1.83 bits per heavy atom. The van der Waals surface area contributed by atoms with Crippen LogP contribution >= 0.6 is 0 Å². The number of anilines is 1. The van der Waals surface area contributed by atoms with Gasteiger partial charge in [-0.15, -0.1) is 0 Å². The molecule has 0 atom stereocenters. The molecule has 2 rings (SSSR count). The van der Waals surface area contributed by atoms with Gasteiger partial charge in [-0.05, 0) is 37.4 Å². The van der Waals surface area contributed by atoms with Gasteiger partial charge in [-0.3, -0.25) is 0 Å². The molecule has 1 fully saturated rings. The maximum atomic E-state index is 11.5. The second-order valence-electron chi connectivity index (χ2n) is 4.68.